The van der Waals surface area contributed by atoms with E-state index < -0.39 is 0 Å². The van der Waals surface area contributed by atoms with Crippen LogP contribution in [0.4, 0.5) is 0 Å². The summed E-state index contributed by atoms with van der Waals surface area (Å²) in [6, 6.07) is 0. The minimum atomic E-state index is -0.287. The van der Waals surface area contributed by atoms with Crippen molar-refractivity contribution in [1.82, 2.24) is 4.90 Å². The number of esters is 1. The highest BCUT2D eigenvalue weighted by molar-refractivity contribution is 5.80. The molecule has 0 bridgehead atoms. The normalized spacial score (nSPS) is 17.3. The van der Waals surface area contributed by atoms with Crippen LogP contribution in [0.15, 0.2) is 0 Å². The van der Waals surface area contributed by atoms with Gasteiger partial charge in [-0.1, -0.05) is 26.2 Å². The molecule has 1 saturated carbocycles. The van der Waals surface area contributed by atoms with Crippen LogP contribution in [-0.4, -0.2) is 50.7 Å². The SMILES string of the molecule is COCCCN(CC(C)C(=O)OC)C(=O)C1CCCCC1. The number of carbonyl (C=O) groups excluding carboxylic acids is 2. The van der Waals surface area contributed by atoms with Crippen LogP contribution in [0, 0.1) is 11.8 Å². The maximum absolute atomic E-state index is 12.7. The average molecular weight is 299 g/mol. The maximum atomic E-state index is 12.7. The molecular weight excluding hydrogens is 270 g/mol. The summed E-state index contributed by atoms with van der Waals surface area (Å²) in [4.78, 5) is 26.1. The quantitative estimate of drug-likeness (QED) is 0.509. The highest BCUT2D eigenvalue weighted by atomic mass is 16.5. The Balaban J connectivity index is 2.61. The van der Waals surface area contributed by atoms with Crippen molar-refractivity contribution in [1.29, 1.82) is 0 Å². The zero-order valence-electron chi connectivity index (χ0n) is 13.6. The molecule has 0 aromatic carbocycles. The van der Waals surface area contributed by atoms with Crippen molar-refractivity contribution >= 4 is 11.9 Å². The number of carbonyl (C=O) groups is 2. The Kier molecular flexibility index (Phi) is 8.35. The zero-order chi connectivity index (χ0) is 15.7. The lowest BCUT2D eigenvalue weighted by atomic mass is 9.88. The highest BCUT2D eigenvalue weighted by Crippen LogP contribution is 2.25. The third-order valence-corrected chi connectivity index (χ3v) is 4.14. The second kappa shape index (κ2) is 9.77. The van der Waals surface area contributed by atoms with Gasteiger partial charge < -0.3 is 14.4 Å². The van der Waals surface area contributed by atoms with Crippen molar-refractivity contribution in [2.24, 2.45) is 11.8 Å². The van der Waals surface area contributed by atoms with Gasteiger partial charge in [0.05, 0.1) is 13.0 Å². The molecule has 1 rings (SSSR count). The molecule has 0 aromatic rings. The number of hydrogen-bond donors (Lipinski definition) is 0. The van der Waals surface area contributed by atoms with Crippen LogP contribution in [0.25, 0.3) is 0 Å². The van der Waals surface area contributed by atoms with E-state index >= 15 is 0 Å². The van der Waals surface area contributed by atoms with E-state index in [-0.39, 0.29) is 23.7 Å². The van der Waals surface area contributed by atoms with Gasteiger partial charge in [0, 0.05) is 32.7 Å². The molecule has 1 fully saturated rings. The Labute approximate surface area is 128 Å². The van der Waals surface area contributed by atoms with Crippen LogP contribution in [0.1, 0.15) is 45.4 Å². The van der Waals surface area contributed by atoms with Gasteiger partial charge in [0.25, 0.3) is 0 Å². The van der Waals surface area contributed by atoms with E-state index in [1.54, 1.807) is 7.11 Å². The Morgan fingerprint density at radius 3 is 2.43 bits per heavy atom. The van der Waals surface area contributed by atoms with E-state index in [1.165, 1.54) is 13.5 Å². The van der Waals surface area contributed by atoms with Gasteiger partial charge in [-0.15, -0.1) is 0 Å². The summed E-state index contributed by atoms with van der Waals surface area (Å²) < 4.78 is 9.82. The van der Waals surface area contributed by atoms with E-state index in [4.69, 9.17) is 9.47 Å². The molecule has 0 radical (unpaired) electrons. The first kappa shape index (κ1) is 18.0. The largest absolute Gasteiger partial charge is 0.469 e. The smallest absolute Gasteiger partial charge is 0.310 e. The fourth-order valence-corrected chi connectivity index (χ4v) is 2.91. The Hall–Kier alpha value is -1.10. The summed E-state index contributed by atoms with van der Waals surface area (Å²) in [5.41, 5.74) is 0. The van der Waals surface area contributed by atoms with Gasteiger partial charge in [-0.3, -0.25) is 9.59 Å². The molecule has 122 valence electrons. The molecule has 5 nitrogen and oxygen atoms in total. The molecule has 0 saturated heterocycles. The van der Waals surface area contributed by atoms with Crippen molar-refractivity contribution in [3.05, 3.63) is 0 Å². The van der Waals surface area contributed by atoms with Crippen LogP contribution >= 0.6 is 0 Å². The number of rotatable bonds is 8. The Morgan fingerprint density at radius 1 is 1.19 bits per heavy atom. The molecule has 21 heavy (non-hydrogen) atoms. The maximum Gasteiger partial charge on any atom is 0.310 e. The minimum Gasteiger partial charge on any atom is -0.469 e. The van der Waals surface area contributed by atoms with E-state index in [1.807, 2.05) is 11.8 Å². The van der Waals surface area contributed by atoms with Crippen molar-refractivity contribution in [3.8, 4) is 0 Å². The predicted molar refractivity (Wildman–Crippen MR) is 80.8 cm³/mol. The van der Waals surface area contributed by atoms with Gasteiger partial charge in [0.2, 0.25) is 5.91 Å². The average Bonchev–Trinajstić information content (AvgIpc) is 2.53. The second-order valence-corrected chi connectivity index (χ2v) is 5.89. The lowest BCUT2D eigenvalue weighted by molar-refractivity contribution is -0.147. The second-order valence-electron chi connectivity index (χ2n) is 5.89. The van der Waals surface area contributed by atoms with Gasteiger partial charge in [-0.05, 0) is 19.3 Å². The third kappa shape index (κ3) is 6.04. The molecule has 0 aromatic heterocycles. The van der Waals surface area contributed by atoms with Gasteiger partial charge in [-0.2, -0.15) is 0 Å². The van der Waals surface area contributed by atoms with Gasteiger partial charge in [0.15, 0.2) is 0 Å². The molecule has 1 amide bonds. The fourth-order valence-electron chi connectivity index (χ4n) is 2.91. The Morgan fingerprint density at radius 2 is 1.86 bits per heavy atom. The molecule has 0 heterocycles. The third-order valence-electron chi connectivity index (χ3n) is 4.14. The zero-order valence-corrected chi connectivity index (χ0v) is 13.6. The summed E-state index contributed by atoms with van der Waals surface area (Å²) in [5.74, 6) is -0.221. The van der Waals surface area contributed by atoms with Gasteiger partial charge in [0.1, 0.15) is 0 Å². The number of hydrogen-bond acceptors (Lipinski definition) is 4. The summed E-state index contributed by atoms with van der Waals surface area (Å²) in [5, 5.41) is 0. The molecule has 1 unspecified atom stereocenters. The van der Waals surface area contributed by atoms with E-state index in [0.29, 0.717) is 19.7 Å². The molecule has 0 spiro atoms. The Bertz CT molecular complexity index is 326. The van der Waals surface area contributed by atoms with Crippen LogP contribution in [-0.2, 0) is 19.1 Å². The highest BCUT2D eigenvalue weighted by Gasteiger charge is 2.28. The number of nitrogens with zero attached hydrogens (tertiary/aromatic N) is 1. The van der Waals surface area contributed by atoms with E-state index in [0.717, 1.165) is 32.1 Å². The minimum absolute atomic E-state index is 0.131. The first-order chi connectivity index (χ1) is 10.1. The summed E-state index contributed by atoms with van der Waals surface area (Å²) in [6.07, 6.45) is 6.25. The fraction of sp³-hybridized carbons (Fsp3) is 0.875. The van der Waals surface area contributed by atoms with Crippen molar-refractivity contribution < 1.29 is 19.1 Å². The lowest BCUT2D eigenvalue weighted by Crippen LogP contribution is -2.42. The van der Waals surface area contributed by atoms with E-state index in [9.17, 15) is 9.59 Å². The van der Waals surface area contributed by atoms with Gasteiger partial charge >= 0.3 is 5.97 Å². The predicted octanol–water partition coefficient (Wildman–Crippen LogP) is 2.24. The molecule has 1 atom stereocenters. The van der Waals surface area contributed by atoms with Crippen molar-refractivity contribution in [2.75, 3.05) is 33.9 Å². The number of methoxy groups -OCH3 is 2. The van der Waals surface area contributed by atoms with E-state index in [2.05, 4.69) is 0 Å². The van der Waals surface area contributed by atoms with Crippen LogP contribution in [0.3, 0.4) is 0 Å². The summed E-state index contributed by atoms with van der Waals surface area (Å²) in [7, 11) is 3.04. The first-order valence-electron chi connectivity index (χ1n) is 7.95. The molecule has 0 aliphatic heterocycles. The van der Waals surface area contributed by atoms with Crippen molar-refractivity contribution in [2.45, 2.75) is 45.4 Å². The molecule has 1 aliphatic carbocycles. The molecule has 0 N–H and O–H groups in total. The topological polar surface area (TPSA) is 55.8 Å². The van der Waals surface area contributed by atoms with Crippen LogP contribution in [0.2, 0.25) is 0 Å². The van der Waals surface area contributed by atoms with Crippen LogP contribution < -0.4 is 0 Å². The summed E-state index contributed by atoms with van der Waals surface area (Å²) >= 11 is 0. The molecular formula is C16H29NO4. The lowest BCUT2D eigenvalue weighted by Gasteiger charge is -2.30. The van der Waals surface area contributed by atoms with Crippen molar-refractivity contribution in [3.63, 3.8) is 0 Å². The molecule has 5 heteroatoms. The number of amides is 1. The molecule has 1 aliphatic rings. The first-order valence-corrected chi connectivity index (χ1v) is 7.95. The standard InChI is InChI=1S/C16H29NO4/c1-13(16(19)21-3)12-17(10-7-11-20-2)15(18)14-8-5-4-6-9-14/h13-14H,4-12H2,1-3H3. The summed E-state index contributed by atoms with van der Waals surface area (Å²) in [6.45, 7) is 3.51. The monoisotopic (exact) mass is 299 g/mol. The van der Waals surface area contributed by atoms with Crippen LogP contribution in [0.5, 0.6) is 0 Å². The number of ether oxygens (including phenoxy) is 2. The van der Waals surface area contributed by atoms with Gasteiger partial charge in [-0.25, -0.2) is 0 Å².